The van der Waals surface area contributed by atoms with Gasteiger partial charge in [0.15, 0.2) is 5.82 Å². The molecule has 0 aliphatic heterocycles. The zero-order valence-electron chi connectivity index (χ0n) is 11.6. The third-order valence-electron chi connectivity index (χ3n) is 3.16. The van der Waals surface area contributed by atoms with Gasteiger partial charge in [-0.05, 0) is 43.2 Å². The van der Waals surface area contributed by atoms with Gasteiger partial charge in [-0.1, -0.05) is 18.2 Å². The zero-order valence-corrected chi connectivity index (χ0v) is 11.6. The molecule has 0 radical (unpaired) electrons. The van der Waals surface area contributed by atoms with E-state index < -0.39 is 0 Å². The van der Waals surface area contributed by atoms with Crippen molar-refractivity contribution in [1.82, 2.24) is 0 Å². The number of nitrogens with zero attached hydrogens (tertiary/aromatic N) is 1. The average molecular weight is 258 g/mol. The molecule has 2 aromatic rings. The highest BCUT2D eigenvalue weighted by molar-refractivity contribution is 5.52. The number of rotatable bonds is 3. The summed E-state index contributed by atoms with van der Waals surface area (Å²) in [5, 5.41) is 0. The standard InChI is InChI=1S/C16H19FN2/c1-11-7-12(2)9-14(8-11)19(3)10-13-5-4-6-15(18)16(13)17/h4-9H,10,18H2,1-3H3. The highest BCUT2D eigenvalue weighted by Gasteiger charge is 2.09. The predicted molar refractivity (Wildman–Crippen MR) is 78.8 cm³/mol. The van der Waals surface area contributed by atoms with E-state index in [1.807, 2.05) is 11.9 Å². The molecular formula is C16H19FN2. The maximum atomic E-state index is 13.9. The number of halogens is 1. The number of nitrogens with two attached hydrogens (primary N) is 1. The molecule has 0 atom stereocenters. The van der Waals surface area contributed by atoms with Crippen LogP contribution in [0.25, 0.3) is 0 Å². The van der Waals surface area contributed by atoms with Crippen LogP contribution in [0, 0.1) is 19.7 Å². The Bertz CT molecular complexity index is 573. The van der Waals surface area contributed by atoms with Gasteiger partial charge in [0.2, 0.25) is 0 Å². The van der Waals surface area contributed by atoms with Crippen molar-refractivity contribution in [3.8, 4) is 0 Å². The number of hydrogen-bond acceptors (Lipinski definition) is 2. The first kappa shape index (κ1) is 13.4. The number of hydrogen-bond donors (Lipinski definition) is 1. The highest BCUT2D eigenvalue weighted by atomic mass is 19.1. The van der Waals surface area contributed by atoms with Gasteiger partial charge in [-0.3, -0.25) is 0 Å². The fourth-order valence-corrected chi connectivity index (χ4v) is 2.24. The molecule has 0 unspecified atom stereocenters. The van der Waals surface area contributed by atoms with Crippen LogP contribution < -0.4 is 10.6 Å². The molecule has 2 rings (SSSR count). The Kier molecular flexibility index (Phi) is 3.74. The Morgan fingerprint density at radius 1 is 1.11 bits per heavy atom. The first-order valence-electron chi connectivity index (χ1n) is 6.29. The lowest BCUT2D eigenvalue weighted by atomic mass is 10.1. The van der Waals surface area contributed by atoms with Crippen LogP contribution >= 0.6 is 0 Å². The van der Waals surface area contributed by atoms with Crippen LogP contribution in [0.1, 0.15) is 16.7 Å². The molecule has 0 saturated carbocycles. The van der Waals surface area contributed by atoms with E-state index in [1.54, 1.807) is 18.2 Å². The Morgan fingerprint density at radius 3 is 2.37 bits per heavy atom. The molecule has 2 aromatic carbocycles. The van der Waals surface area contributed by atoms with Gasteiger partial charge in [-0.25, -0.2) is 4.39 Å². The van der Waals surface area contributed by atoms with Gasteiger partial charge in [0.1, 0.15) is 0 Å². The van der Waals surface area contributed by atoms with Gasteiger partial charge in [-0.15, -0.1) is 0 Å². The molecule has 3 heteroatoms. The fourth-order valence-electron chi connectivity index (χ4n) is 2.24. The second-order valence-corrected chi connectivity index (χ2v) is 5.02. The van der Waals surface area contributed by atoms with Crippen molar-refractivity contribution in [3.63, 3.8) is 0 Å². The van der Waals surface area contributed by atoms with E-state index in [-0.39, 0.29) is 11.5 Å². The minimum atomic E-state index is -0.321. The molecule has 0 saturated heterocycles. The van der Waals surface area contributed by atoms with Gasteiger partial charge in [0.25, 0.3) is 0 Å². The largest absolute Gasteiger partial charge is 0.396 e. The van der Waals surface area contributed by atoms with E-state index in [9.17, 15) is 4.39 Å². The molecule has 19 heavy (non-hydrogen) atoms. The van der Waals surface area contributed by atoms with Crippen LogP contribution in [0.3, 0.4) is 0 Å². The second-order valence-electron chi connectivity index (χ2n) is 5.02. The van der Waals surface area contributed by atoms with E-state index in [2.05, 4.69) is 32.0 Å². The number of nitrogen functional groups attached to an aromatic ring is 1. The number of benzene rings is 2. The molecule has 2 N–H and O–H groups in total. The number of anilines is 2. The molecule has 0 aromatic heterocycles. The van der Waals surface area contributed by atoms with Crippen LogP contribution in [0.2, 0.25) is 0 Å². The van der Waals surface area contributed by atoms with Gasteiger partial charge >= 0.3 is 0 Å². The highest BCUT2D eigenvalue weighted by Crippen LogP contribution is 2.22. The van der Waals surface area contributed by atoms with Crippen LogP contribution in [-0.2, 0) is 6.54 Å². The van der Waals surface area contributed by atoms with Crippen molar-refractivity contribution in [2.45, 2.75) is 20.4 Å². The lowest BCUT2D eigenvalue weighted by Crippen LogP contribution is -2.17. The summed E-state index contributed by atoms with van der Waals surface area (Å²) in [6.45, 7) is 4.62. The van der Waals surface area contributed by atoms with Crippen molar-refractivity contribution < 1.29 is 4.39 Å². The van der Waals surface area contributed by atoms with Crippen LogP contribution in [0.4, 0.5) is 15.8 Å². The van der Waals surface area contributed by atoms with Gasteiger partial charge in [-0.2, -0.15) is 0 Å². The molecule has 0 aliphatic carbocycles. The maximum Gasteiger partial charge on any atom is 0.151 e. The van der Waals surface area contributed by atoms with E-state index in [1.165, 1.54) is 11.1 Å². The number of aryl methyl sites for hydroxylation is 2. The third kappa shape index (κ3) is 3.05. The summed E-state index contributed by atoms with van der Waals surface area (Å²) in [5.41, 5.74) is 9.89. The molecule has 0 fully saturated rings. The van der Waals surface area contributed by atoms with Gasteiger partial charge in [0, 0.05) is 24.8 Å². The predicted octanol–water partition coefficient (Wildman–Crippen LogP) is 3.66. The molecule has 0 heterocycles. The van der Waals surface area contributed by atoms with Crippen molar-refractivity contribution in [2.75, 3.05) is 17.7 Å². The van der Waals surface area contributed by atoms with Crippen LogP contribution in [0.5, 0.6) is 0 Å². The molecular weight excluding hydrogens is 239 g/mol. The van der Waals surface area contributed by atoms with Crippen LogP contribution in [0.15, 0.2) is 36.4 Å². The summed E-state index contributed by atoms with van der Waals surface area (Å²) in [7, 11) is 1.96. The minimum Gasteiger partial charge on any atom is -0.396 e. The molecule has 2 nitrogen and oxygen atoms in total. The lowest BCUT2D eigenvalue weighted by Gasteiger charge is -2.21. The molecule has 0 amide bonds. The smallest absolute Gasteiger partial charge is 0.151 e. The summed E-state index contributed by atoms with van der Waals surface area (Å²) >= 11 is 0. The Labute approximate surface area is 113 Å². The fraction of sp³-hybridized carbons (Fsp3) is 0.250. The first-order valence-corrected chi connectivity index (χ1v) is 6.29. The maximum absolute atomic E-state index is 13.9. The van der Waals surface area contributed by atoms with E-state index in [0.29, 0.717) is 12.1 Å². The van der Waals surface area contributed by atoms with Gasteiger partial charge in [0.05, 0.1) is 5.69 Å². The molecule has 100 valence electrons. The van der Waals surface area contributed by atoms with Crippen molar-refractivity contribution in [3.05, 3.63) is 58.9 Å². The summed E-state index contributed by atoms with van der Waals surface area (Å²) in [6, 6.07) is 11.4. The Hall–Kier alpha value is -2.03. The summed E-state index contributed by atoms with van der Waals surface area (Å²) in [4.78, 5) is 2.03. The molecule has 0 bridgehead atoms. The van der Waals surface area contributed by atoms with E-state index in [0.717, 1.165) is 5.69 Å². The topological polar surface area (TPSA) is 29.3 Å². The summed E-state index contributed by atoms with van der Waals surface area (Å²) < 4.78 is 13.9. The summed E-state index contributed by atoms with van der Waals surface area (Å²) in [5.74, 6) is -0.321. The third-order valence-corrected chi connectivity index (χ3v) is 3.16. The SMILES string of the molecule is Cc1cc(C)cc(N(C)Cc2cccc(N)c2F)c1. The Balaban J connectivity index is 2.25. The molecule has 0 spiro atoms. The monoisotopic (exact) mass is 258 g/mol. The van der Waals surface area contributed by atoms with Gasteiger partial charge < -0.3 is 10.6 Å². The van der Waals surface area contributed by atoms with E-state index >= 15 is 0 Å². The van der Waals surface area contributed by atoms with Crippen LogP contribution in [-0.4, -0.2) is 7.05 Å². The quantitative estimate of drug-likeness (QED) is 0.851. The van der Waals surface area contributed by atoms with Crippen molar-refractivity contribution in [1.29, 1.82) is 0 Å². The minimum absolute atomic E-state index is 0.200. The summed E-state index contributed by atoms with van der Waals surface area (Å²) in [6.07, 6.45) is 0. The van der Waals surface area contributed by atoms with Crippen molar-refractivity contribution in [2.24, 2.45) is 0 Å². The normalized spacial score (nSPS) is 10.5. The first-order chi connectivity index (χ1) is 8.97. The second kappa shape index (κ2) is 5.31. The molecule has 0 aliphatic rings. The lowest BCUT2D eigenvalue weighted by molar-refractivity contribution is 0.612. The van der Waals surface area contributed by atoms with E-state index in [4.69, 9.17) is 5.73 Å². The Morgan fingerprint density at radius 2 is 1.74 bits per heavy atom. The average Bonchev–Trinajstić information content (AvgIpc) is 2.33. The zero-order chi connectivity index (χ0) is 14.0. The van der Waals surface area contributed by atoms with Crippen molar-refractivity contribution >= 4 is 11.4 Å².